The first-order valence-corrected chi connectivity index (χ1v) is 13.0. The number of furan rings is 1. The molecule has 0 bridgehead atoms. The summed E-state index contributed by atoms with van der Waals surface area (Å²) in [5, 5.41) is 5.89. The summed E-state index contributed by atoms with van der Waals surface area (Å²) in [5.74, 6) is 2.01. The molecule has 5 aromatic rings. The molecule has 3 aromatic carbocycles. The van der Waals surface area contributed by atoms with E-state index < -0.39 is 0 Å². The third kappa shape index (κ3) is 4.77. The number of hydrogen-bond acceptors (Lipinski definition) is 6. The Labute approximate surface area is 229 Å². The maximum atomic E-state index is 13.5. The molecule has 0 saturated carbocycles. The van der Waals surface area contributed by atoms with Crippen LogP contribution >= 0.6 is 38.5 Å². The van der Waals surface area contributed by atoms with Crippen LogP contribution in [0.15, 0.2) is 79.4 Å². The molecule has 2 heterocycles. The number of ether oxygens (including phenoxy) is 2. The number of methoxy groups -OCH3 is 1. The lowest BCUT2D eigenvalue weighted by Gasteiger charge is -2.15. The van der Waals surface area contributed by atoms with Gasteiger partial charge in [-0.1, -0.05) is 28.1 Å². The molecule has 7 nitrogen and oxygen atoms in total. The monoisotopic (exact) mass is 657 g/mol. The predicted octanol–water partition coefficient (Wildman–Crippen LogP) is 6.85. The summed E-state index contributed by atoms with van der Waals surface area (Å²) in [5.41, 5.74) is 1.70. The van der Waals surface area contributed by atoms with E-state index in [1.54, 1.807) is 31.5 Å². The fourth-order valence-electron chi connectivity index (χ4n) is 3.80. The Bertz CT molecular complexity index is 1690. The summed E-state index contributed by atoms with van der Waals surface area (Å²) in [7, 11) is 1.59. The highest BCUT2D eigenvalue weighted by Gasteiger charge is 2.17. The molecule has 0 aliphatic carbocycles. The van der Waals surface area contributed by atoms with Gasteiger partial charge in [-0.3, -0.25) is 4.79 Å². The van der Waals surface area contributed by atoms with E-state index >= 15 is 0 Å². The molecule has 0 N–H and O–H groups in total. The van der Waals surface area contributed by atoms with Gasteiger partial charge in [-0.2, -0.15) is 9.78 Å². The van der Waals surface area contributed by atoms with Crippen molar-refractivity contribution in [2.24, 2.45) is 5.10 Å². The number of nitrogens with zero attached hydrogens (tertiary/aromatic N) is 3. The molecular weight excluding hydrogens is 637 g/mol. The maximum Gasteiger partial charge on any atom is 0.282 e. The number of aromatic nitrogens is 2. The van der Waals surface area contributed by atoms with E-state index in [-0.39, 0.29) is 11.7 Å². The summed E-state index contributed by atoms with van der Waals surface area (Å²) in [6.45, 7) is 3.92. The van der Waals surface area contributed by atoms with Crippen molar-refractivity contribution in [1.82, 2.24) is 9.66 Å². The normalized spacial score (nSPS) is 11.7. The molecule has 0 aliphatic heterocycles. The molecule has 36 heavy (non-hydrogen) atoms. The minimum Gasteiger partial charge on any atom is -0.493 e. The highest BCUT2D eigenvalue weighted by atomic mass is 127. The lowest BCUT2D eigenvalue weighted by molar-refractivity contribution is 0.228. The number of para-hydroxylation sites is 1. The smallest absolute Gasteiger partial charge is 0.282 e. The second kappa shape index (κ2) is 10.1. The third-order valence-electron chi connectivity index (χ3n) is 5.38. The predicted molar refractivity (Wildman–Crippen MR) is 153 cm³/mol. The minimum absolute atomic E-state index is 0.00109. The summed E-state index contributed by atoms with van der Waals surface area (Å²) < 4.78 is 20.6. The minimum atomic E-state index is -0.296. The van der Waals surface area contributed by atoms with Crippen molar-refractivity contribution in [2.45, 2.75) is 20.0 Å². The topological polar surface area (TPSA) is 78.9 Å². The molecule has 5 rings (SSSR count). The molecule has 9 heteroatoms. The zero-order chi connectivity index (χ0) is 25.4. The SMILES string of the molecule is COc1cc(C=Nn2c(-c3cc4cc(Br)ccc4o3)nc3ccccc3c2=O)cc(I)c1OC(C)C. The number of halogens is 2. The molecule has 0 spiro atoms. The van der Waals surface area contributed by atoms with E-state index in [4.69, 9.17) is 18.9 Å². The van der Waals surface area contributed by atoms with Crippen molar-refractivity contribution < 1.29 is 13.9 Å². The number of fused-ring (bicyclic) bond motifs is 2. The highest BCUT2D eigenvalue weighted by molar-refractivity contribution is 14.1. The molecule has 0 saturated heterocycles. The van der Waals surface area contributed by atoms with E-state index in [2.05, 4.69) is 43.6 Å². The lowest BCUT2D eigenvalue weighted by Crippen LogP contribution is -2.20. The van der Waals surface area contributed by atoms with Crippen LogP contribution in [0, 0.1) is 3.57 Å². The summed E-state index contributed by atoms with van der Waals surface area (Å²) in [4.78, 5) is 18.2. The van der Waals surface area contributed by atoms with Gasteiger partial charge in [0.1, 0.15) is 5.58 Å². The number of benzene rings is 3. The molecule has 0 unspecified atom stereocenters. The molecule has 2 aromatic heterocycles. The van der Waals surface area contributed by atoms with Crippen molar-refractivity contribution in [2.75, 3.05) is 7.11 Å². The zero-order valence-corrected chi connectivity index (χ0v) is 23.4. The second-order valence-corrected chi connectivity index (χ2v) is 10.4. The van der Waals surface area contributed by atoms with E-state index in [1.165, 1.54) is 4.68 Å². The molecule has 182 valence electrons. The summed E-state index contributed by atoms with van der Waals surface area (Å²) in [6, 6.07) is 18.5. The second-order valence-electron chi connectivity index (χ2n) is 8.31. The van der Waals surface area contributed by atoms with Crippen LogP contribution in [0.5, 0.6) is 11.5 Å². The lowest BCUT2D eigenvalue weighted by atomic mass is 10.2. The van der Waals surface area contributed by atoms with Crippen LogP contribution in [-0.2, 0) is 0 Å². The van der Waals surface area contributed by atoms with Gasteiger partial charge in [-0.25, -0.2) is 4.98 Å². The van der Waals surface area contributed by atoms with Crippen molar-refractivity contribution in [3.8, 4) is 23.1 Å². The van der Waals surface area contributed by atoms with E-state index in [0.717, 1.165) is 19.0 Å². The van der Waals surface area contributed by atoms with Gasteiger partial charge < -0.3 is 13.9 Å². The Balaban J connectivity index is 1.66. The van der Waals surface area contributed by atoms with Gasteiger partial charge in [0, 0.05) is 9.86 Å². The quantitative estimate of drug-likeness (QED) is 0.147. The highest BCUT2D eigenvalue weighted by Crippen LogP contribution is 2.34. The number of hydrogen-bond donors (Lipinski definition) is 0. The van der Waals surface area contributed by atoms with Gasteiger partial charge in [0.15, 0.2) is 17.3 Å². The fourth-order valence-corrected chi connectivity index (χ4v) is 4.93. The van der Waals surface area contributed by atoms with Gasteiger partial charge in [-0.15, -0.1) is 0 Å². The Hall–Kier alpha value is -3.18. The van der Waals surface area contributed by atoms with Crippen LogP contribution in [0.4, 0.5) is 0 Å². The maximum absolute atomic E-state index is 13.5. The largest absolute Gasteiger partial charge is 0.493 e. The third-order valence-corrected chi connectivity index (χ3v) is 6.67. The van der Waals surface area contributed by atoms with E-state index in [1.807, 2.05) is 56.3 Å². The van der Waals surface area contributed by atoms with Crippen LogP contribution in [0.1, 0.15) is 19.4 Å². The summed E-state index contributed by atoms with van der Waals surface area (Å²) >= 11 is 5.69. The van der Waals surface area contributed by atoms with E-state index in [0.29, 0.717) is 39.6 Å². The Morgan fingerprint density at radius 3 is 2.72 bits per heavy atom. The Morgan fingerprint density at radius 1 is 1.14 bits per heavy atom. The van der Waals surface area contributed by atoms with Gasteiger partial charge in [0.25, 0.3) is 5.56 Å². The molecular formula is C27H21BrIN3O4. The molecule has 0 amide bonds. The van der Waals surface area contributed by atoms with E-state index in [9.17, 15) is 4.79 Å². The van der Waals surface area contributed by atoms with Crippen molar-refractivity contribution in [1.29, 1.82) is 0 Å². The zero-order valence-electron chi connectivity index (χ0n) is 19.7. The van der Waals surface area contributed by atoms with Gasteiger partial charge >= 0.3 is 0 Å². The van der Waals surface area contributed by atoms with Crippen molar-refractivity contribution in [3.63, 3.8) is 0 Å². The molecule has 0 aliphatic rings. The molecule has 0 radical (unpaired) electrons. The van der Waals surface area contributed by atoms with Crippen LogP contribution in [0.2, 0.25) is 0 Å². The number of rotatable bonds is 6. The van der Waals surface area contributed by atoms with Gasteiger partial charge in [0.2, 0.25) is 5.82 Å². The fraction of sp³-hybridized carbons (Fsp3) is 0.148. The Morgan fingerprint density at radius 2 is 1.94 bits per heavy atom. The standard InChI is InChI=1S/C27H21BrIN3O4/c1-15(2)35-25-20(29)10-16(11-23(25)34-3)14-30-32-26(31-21-7-5-4-6-19(21)27(32)33)24-13-17-12-18(28)8-9-22(17)36-24/h4-15H,1-3H3. The molecule has 0 fully saturated rings. The van der Waals surface area contributed by atoms with Crippen LogP contribution < -0.4 is 15.0 Å². The van der Waals surface area contributed by atoms with Crippen molar-refractivity contribution >= 4 is 66.6 Å². The average molecular weight is 658 g/mol. The summed E-state index contributed by atoms with van der Waals surface area (Å²) in [6.07, 6.45) is 1.60. The average Bonchev–Trinajstić information content (AvgIpc) is 3.27. The first-order chi connectivity index (χ1) is 17.3. The van der Waals surface area contributed by atoms with Crippen molar-refractivity contribution in [3.05, 3.63) is 84.6 Å². The van der Waals surface area contributed by atoms with Crippen LogP contribution in [0.3, 0.4) is 0 Å². The van der Waals surface area contributed by atoms with Crippen LogP contribution in [0.25, 0.3) is 33.5 Å². The first-order valence-electron chi connectivity index (χ1n) is 11.1. The van der Waals surface area contributed by atoms with Crippen LogP contribution in [-0.4, -0.2) is 29.1 Å². The van der Waals surface area contributed by atoms with Gasteiger partial charge in [0.05, 0.1) is 33.9 Å². The van der Waals surface area contributed by atoms with Gasteiger partial charge in [-0.05, 0) is 90.5 Å². The first kappa shape index (κ1) is 24.5. The molecule has 0 atom stereocenters. The Kier molecular flexibility index (Phi) is 6.85.